The number of amides is 2. The number of carbonyl (C=O) groups excluding carboxylic acids is 1. The molecule has 3 N–H and O–H groups in total. The fourth-order valence-electron chi connectivity index (χ4n) is 3.79. The molecule has 0 spiro atoms. The van der Waals surface area contributed by atoms with Crippen molar-refractivity contribution in [1.82, 2.24) is 19.9 Å². The minimum Gasteiger partial charge on any atom is -0.378 e. The number of rotatable bonds is 3. The number of halogens is 1. The Morgan fingerprint density at radius 1 is 1.09 bits per heavy atom. The smallest absolute Gasteiger partial charge is 0.327 e. The summed E-state index contributed by atoms with van der Waals surface area (Å²) < 4.78 is 5.46. The van der Waals surface area contributed by atoms with Gasteiger partial charge in [-0.3, -0.25) is 4.90 Å². The summed E-state index contributed by atoms with van der Waals surface area (Å²) in [5.41, 5.74) is 8.49. The number of fused-ring (bicyclic) bond motifs is 1. The number of para-hydroxylation sites is 1. The van der Waals surface area contributed by atoms with Gasteiger partial charge in [-0.25, -0.2) is 19.7 Å². The van der Waals surface area contributed by atoms with Crippen molar-refractivity contribution in [2.45, 2.75) is 6.42 Å². The Morgan fingerprint density at radius 2 is 1.84 bits per heavy atom. The Labute approximate surface area is 189 Å². The van der Waals surface area contributed by atoms with E-state index in [4.69, 9.17) is 32.0 Å². The van der Waals surface area contributed by atoms with Gasteiger partial charge in [0.25, 0.3) is 0 Å². The van der Waals surface area contributed by atoms with E-state index in [2.05, 4.69) is 15.3 Å². The molecule has 0 aliphatic carbocycles. The van der Waals surface area contributed by atoms with E-state index in [1.165, 1.54) is 0 Å². The first kappa shape index (κ1) is 20.4. The monoisotopic (exact) mass is 452 g/mol. The molecule has 11 heteroatoms. The molecular formula is C21H21ClN8O2. The highest BCUT2D eigenvalue weighted by Gasteiger charge is 2.32. The number of hydrogen-bond donors (Lipinski definition) is 2. The van der Waals surface area contributed by atoms with Gasteiger partial charge in [-0.1, -0.05) is 23.7 Å². The molecule has 32 heavy (non-hydrogen) atoms. The summed E-state index contributed by atoms with van der Waals surface area (Å²) >= 11 is 6.22. The van der Waals surface area contributed by atoms with Gasteiger partial charge in [0.05, 0.1) is 29.6 Å². The number of carbonyl (C=O) groups is 1. The van der Waals surface area contributed by atoms with Gasteiger partial charge in [0.15, 0.2) is 0 Å². The number of nitrogens with two attached hydrogens (primary N) is 1. The fourth-order valence-corrected chi connectivity index (χ4v) is 3.97. The van der Waals surface area contributed by atoms with Crippen LogP contribution in [0.15, 0.2) is 36.7 Å². The highest BCUT2D eigenvalue weighted by molar-refractivity contribution is 6.33. The largest absolute Gasteiger partial charge is 0.378 e. The topological polar surface area (TPSA) is 122 Å². The molecule has 0 bridgehead atoms. The molecule has 5 rings (SSSR count). The highest BCUT2D eigenvalue weighted by atomic mass is 35.5. The highest BCUT2D eigenvalue weighted by Crippen LogP contribution is 2.36. The van der Waals surface area contributed by atoms with Crippen LogP contribution in [0.2, 0.25) is 5.02 Å². The molecule has 0 saturated carbocycles. The van der Waals surface area contributed by atoms with E-state index in [0.29, 0.717) is 67.4 Å². The average Bonchev–Trinajstić information content (AvgIpc) is 3.25. The van der Waals surface area contributed by atoms with Crippen molar-refractivity contribution in [1.29, 1.82) is 0 Å². The van der Waals surface area contributed by atoms with E-state index < -0.39 is 0 Å². The second kappa shape index (κ2) is 8.56. The first-order valence-electron chi connectivity index (χ1n) is 10.2. The van der Waals surface area contributed by atoms with Gasteiger partial charge >= 0.3 is 6.03 Å². The summed E-state index contributed by atoms with van der Waals surface area (Å²) in [4.78, 5) is 34.6. The molecular weight excluding hydrogens is 432 g/mol. The number of aromatic nitrogens is 4. The zero-order chi connectivity index (χ0) is 22.1. The van der Waals surface area contributed by atoms with Crippen LogP contribution < -0.4 is 20.9 Å². The summed E-state index contributed by atoms with van der Waals surface area (Å²) in [6.07, 6.45) is 3.88. The predicted molar refractivity (Wildman–Crippen MR) is 122 cm³/mol. The number of ether oxygens (including phenoxy) is 1. The van der Waals surface area contributed by atoms with E-state index in [1.54, 1.807) is 29.4 Å². The van der Waals surface area contributed by atoms with Crippen molar-refractivity contribution in [2.75, 3.05) is 53.7 Å². The van der Waals surface area contributed by atoms with Crippen LogP contribution in [-0.2, 0) is 11.2 Å². The van der Waals surface area contributed by atoms with E-state index in [1.807, 2.05) is 17.0 Å². The van der Waals surface area contributed by atoms with Gasteiger partial charge < -0.3 is 20.7 Å². The average molecular weight is 453 g/mol. The van der Waals surface area contributed by atoms with Crippen LogP contribution in [0.5, 0.6) is 0 Å². The Morgan fingerprint density at radius 3 is 2.59 bits per heavy atom. The number of nitrogens with one attached hydrogen (secondary N) is 1. The second-order valence-electron chi connectivity index (χ2n) is 7.42. The normalized spacial score (nSPS) is 15.5. The molecule has 1 fully saturated rings. The van der Waals surface area contributed by atoms with Crippen LogP contribution in [0.3, 0.4) is 0 Å². The van der Waals surface area contributed by atoms with Gasteiger partial charge in [-0.2, -0.15) is 4.98 Å². The molecule has 0 atom stereocenters. The van der Waals surface area contributed by atoms with Gasteiger partial charge in [0.1, 0.15) is 5.82 Å². The summed E-state index contributed by atoms with van der Waals surface area (Å²) in [7, 11) is 0. The molecule has 3 aromatic rings. The molecule has 0 radical (unpaired) electrons. The number of urea groups is 1. The summed E-state index contributed by atoms with van der Waals surface area (Å²) in [5, 5.41) is 3.35. The molecule has 2 aliphatic rings. The minimum atomic E-state index is -0.303. The predicted octanol–water partition coefficient (Wildman–Crippen LogP) is 2.60. The first-order chi connectivity index (χ1) is 15.6. The second-order valence-corrected chi connectivity index (χ2v) is 7.82. The number of nitrogens with zero attached hydrogens (tertiary/aromatic N) is 6. The lowest BCUT2D eigenvalue weighted by Crippen LogP contribution is -2.38. The maximum atomic E-state index is 13.1. The van der Waals surface area contributed by atoms with Crippen LogP contribution >= 0.6 is 11.6 Å². The summed E-state index contributed by atoms with van der Waals surface area (Å²) in [5.74, 6) is 1.29. The molecule has 4 heterocycles. The summed E-state index contributed by atoms with van der Waals surface area (Å²) in [6, 6.07) is 6.81. The number of morpholine rings is 1. The fraction of sp³-hybridized carbons (Fsp3) is 0.286. The van der Waals surface area contributed by atoms with Gasteiger partial charge in [0, 0.05) is 43.2 Å². The van der Waals surface area contributed by atoms with Gasteiger partial charge in [-0.15, -0.1) is 0 Å². The van der Waals surface area contributed by atoms with Crippen molar-refractivity contribution in [2.24, 2.45) is 0 Å². The standard InChI is InChI=1S/C21H21ClN8O2/c22-15-3-1-2-4-16(15)26-21(31)30-6-5-14-17(13-11-24-19(23)25-12-13)27-20(28-18(14)30)29-7-9-32-10-8-29/h1-4,11-12H,5-10H2,(H,26,31)(H2,23,24,25). The first-order valence-corrected chi connectivity index (χ1v) is 10.6. The number of benzene rings is 1. The zero-order valence-electron chi connectivity index (χ0n) is 17.2. The van der Waals surface area contributed by atoms with Crippen molar-refractivity contribution in [3.05, 3.63) is 47.2 Å². The third-order valence-electron chi connectivity index (χ3n) is 5.41. The van der Waals surface area contributed by atoms with Crippen LogP contribution in [-0.4, -0.2) is 58.8 Å². The molecule has 2 amide bonds. The van der Waals surface area contributed by atoms with Crippen molar-refractivity contribution >= 4 is 41.0 Å². The Hall–Kier alpha value is -3.50. The van der Waals surface area contributed by atoms with Crippen molar-refractivity contribution in [3.63, 3.8) is 0 Å². The van der Waals surface area contributed by atoms with Gasteiger partial charge in [-0.05, 0) is 18.6 Å². The van der Waals surface area contributed by atoms with Gasteiger partial charge in [0.2, 0.25) is 11.9 Å². The molecule has 1 saturated heterocycles. The Balaban J connectivity index is 1.54. The maximum absolute atomic E-state index is 13.1. The van der Waals surface area contributed by atoms with Crippen LogP contribution in [0, 0.1) is 0 Å². The third kappa shape index (κ3) is 3.90. The maximum Gasteiger partial charge on any atom is 0.327 e. The SMILES string of the molecule is Nc1ncc(-c2nc(N3CCOCC3)nc3c2CCN3C(=O)Nc2ccccc2Cl)cn1. The molecule has 10 nitrogen and oxygen atoms in total. The molecule has 1 aromatic carbocycles. The lowest BCUT2D eigenvalue weighted by atomic mass is 10.1. The Bertz CT molecular complexity index is 1150. The van der Waals surface area contributed by atoms with E-state index in [9.17, 15) is 4.79 Å². The quantitative estimate of drug-likeness (QED) is 0.621. The lowest BCUT2D eigenvalue weighted by molar-refractivity contribution is 0.122. The van der Waals surface area contributed by atoms with Crippen molar-refractivity contribution in [3.8, 4) is 11.3 Å². The molecule has 2 aromatic heterocycles. The van der Waals surface area contributed by atoms with E-state index in [-0.39, 0.29) is 12.0 Å². The van der Waals surface area contributed by atoms with Crippen LogP contribution in [0.4, 0.5) is 28.2 Å². The van der Waals surface area contributed by atoms with E-state index in [0.717, 1.165) is 11.1 Å². The zero-order valence-corrected chi connectivity index (χ0v) is 17.9. The molecule has 2 aliphatic heterocycles. The van der Waals surface area contributed by atoms with E-state index >= 15 is 0 Å². The third-order valence-corrected chi connectivity index (χ3v) is 5.74. The molecule has 0 unspecified atom stereocenters. The number of anilines is 4. The molecule has 164 valence electrons. The lowest BCUT2D eigenvalue weighted by Gasteiger charge is -2.28. The van der Waals surface area contributed by atoms with Crippen LogP contribution in [0.1, 0.15) is 5.56 Å². The summed E-state index contributed by atoms with van der Waals surface area (Å²) in [6.45, 7) is 3.00. The Kier molecular flexibility index (Phi) is 5.46. The van der Waals surface area contributed by atoms with Crippen molar-refractivity contribution < 1.29 is 9.53 Å². The minimum absolute atomic E-state index is 0.189. The number of nitrogen functional groups attached to an aromatic ring is 1. The van der Waals surface area contributed by atoms with Crippen LogP contribution in [0.25, 0.3) is 11.3 Å². The number of hydrogen-bond acceptors (Lipinski definition) is 8.